The fraction of sp³-hybridized carbons (Fsp3) is 0.300. The van der Waals surface area contributed by atoms with E-state index in [0.717, 1.165) is 18.2 Å². The van der Waals surface area contributed by atoms with Gasteiger partial charge >= 0.3 is 12.1 Å². The second kappa shape index (κ2) is 4.78. The number of benzene rings is 1. The van der Waals surface area contributed by atoms with Crippen molar-refractivity contribution >= 4 is 18.6 Å². The number of hydrogen-bond acceptors (Lipinski definition) is 3. The molecule has 0 unspecified atom stereocenters. The molecule has 6 heteroatoms. The van der Waals surface area contributed by atoms with Crippen molar-refractivity contribution in [3.8, 4) is 0 Å². The maximum Gasteiger partial charge on any atom is 0.416 e. The van der Waals surface area contributed by atoms with Gasteiger partial charge in [0.2, 0.25) is 0 Å². The van der Waals surface area contributed by atoms with E-state index < -0.39 is 17.7 Å². The molecule has 2 nitrogen and oxygen atoms in total. The van der Waals surface area contributed by atoms with Crippen molar-refractivity contribution in [2.24, 2.45) is 0 Å². The molecular weight excluding hydrogens is 241 g/mol. The molecule has 1 rings (SSSR count). The Morgan fingerprint density at radius 2 is 2.06 bits per heavy atom. The number of rotatable bonds is 2. The zero-order chi connectivity index (χ0) is 12.3. The van der Waals surface area contributed by atoms with Gasteiger partial charge in [0.15, 0.2) is 0 Å². The number of halogens is 3. The second-order valence-electron chi connectivity index (χ2n) is 2.95. The molecule has 88 valence electrons. The summed E-state index contributed by atoms with van der Waals surface area (Å²) in [5.74, 6) is -0.679. The minimum absolute atomic E-state index is 0.0261. The third-order valence-corrected chi connectivity index (χ3v) is 2.19. The monoisotopic (exact) mass is 250 g/mol. The number of thiol groups is 1. The molecule has 0 amide bonds. The van der Waals surface area contributed by atoms with Crippen molar-refractivity contribution < 1.29 is 22.7 Å². The summed E-state index contributed by atoms with van der Waals surface area (Å²) in [5.41, 5.74) is -0.816. The summed E-state index contributed by atoms with van der Waals surface area (Å²) >= 11 is 3.83. The molecule has 0 radical (unpaired) electrons. The molecule has 0 atom stereocenters. The first kappa shape index (κ1) is 12.9. The smallest absolute Gasteiger partial charge is 0.416 e. The number of hydrogen-bond donors (Lipinski definition) is 1. The first-order valence-corrected chi connectivity index (χ1v) is 4.88. The highest BCUT2D eigenvalue weighted by molar-refractivity contribution is 7.80. The molecule has 0 saturated heterocycles. The zero-order valence-electron chi connectivity index (χ0n) is 8.34. The van der Waals surface area contributed by atoms with Crippen molar-refractivity contribution in [3.63, 3.8) is 0 Å². The van der Waals surface area contributed by atoms with E-state index in [1.807, 2.05) is 0 Å². The molecule has 1 aromatic rings. The Hall–Kier alpha value is -1.17. The van der Waals surface area contributed by atoms with E-state index in [9.17, 15) is 18.0 Å². The first-order valence-electron chi connectivity index (χ1n) is 4.43. The summed E-state index contributed by atoms with van der Waals surface area (Å²) in [4.78, 5) is 11.2. The van der Waals surface area contributed by atoms with Gasteiger partial charge in [-0.1, -0.05) is 0 Å². The Balaban J connectivity index is 3.05. The van der Waals surface area contributed by atoms with Crippen LogP contribution >= 0.6 is 12.6 Å². The molecule has 0 aliphatic heterocycles. The first-order chi connectivity index (χ1) is 7.36. The van der Waals surface area contributed by atoms with E-state index in [1.165, 1.54) is 0 Å². The Morgan fingerprint density at radius 1 is 1.44 bits per heavy atom. The fourth-order valence-electron chi connectivity index (χ4n) is 1.09. The van der Waals surface area contributed by atoms with E-state index in [0.29, 0.717) is 0 Å². The topological polar surface area (TPSA) is 26.3 Å². The van der Waals surface area contributed by atoms with Crippen molar-refractivity contribution in [1.82, 2.24) is 0 Å². The van der Waals surface area contributed by atoms with E-state index in [-0.39, 0.29) is 17.1 Å². The van der Waals surface area contributed by atoms with Crippen LogP contribution in [0.1, 0.15) is 22.8 Å². The van der Waals surface area contributed by atoms with Crippen molar-refractivity contribution in [1.29, 1.82) is 0 Å². The fourth-order valence-corrected chi connectivity index (χ4v) is 1.39. The molecule has 0 aliphatic carbocycles. The average molecular weight is 250 g/mol. The minimum atomic E-state index is -4.44. The molecule has 0 spiro atoms. The minimum Gasteiger partial charge on any atom is -0.462 e. The molecule has 0 bridgehead atoms. The van der Waals surface area contributed by atoms with Crippen LogP contribution in [0.4, 0.5) is 13.2 Å². The van der Waals surface area contributed by atoms with Gasteiger partial charge in [0.25, 0.3) is 0 Å². The third-order valence-electron chi connectivity index (χ3n) is 1.82. The van der Waals surface area contributed by atoms with Crippen LogP contribution in [0.2, 0.25) is 0 Å². The molecule has 0 N–H and O–H groups in total. The van der Waals surface area contributed by atoms with Crippen LogP contribution in [-0.2, 0) is 10.9 Å². The Morgan fingerprint density at radius 3 is 2.50 bits per heavy atom. The molecule has 0 saturated carbocycles. The van der Waals surface area contributed by atoms with Gasteiger partial charge in [0.05, 0.1) is 17.7 Å². The lowest BCUT2D eigenvalue weighted by Gasteiger charge is -2.09. The highest BCUT2D eigenvalue weighted by Crippen LogP contribution is 2.31. The van der Waals surface area contributed by atoms with Gasteiger partial charge in [-0.15, -0.1) is 12.6 Å². The van der Waals surface area contributed by atoms with Crippen LogP contribution < -0.4 is 0 Å². The van der Waals surface area contributed by atoms with Crippen LogP contribution in [0.15, 0.2) is 23.1 Å². The lowest BCUT2D eigenvalue weighted by molar-refractivity contribution is -0.137. The standard InChI is InChI=1S/C10H9F3O2S/c1-2-15-9(14)7-4-3-6(5-8(7)16)10(11,12)13/h3-5,16H,2H2,1H3. The summed E-state index contributed by atoms with van der Waals surface area (Å²) in [6.45, 7) is 1.77. The van der Waals surface area contributed by atoms with E-state index >= 15 is 0 Å². The van der Waals surface area contributed by atoms with Crippen molar-refractivity contribution in [3.05, 3.63) is 29.3 Å². The van der Waals surface area contributed by atoms with Crippen molar-refractivity contribution in [2.75, 3.05) is 6.61 Å². The number of carbonyl (C=O) groups excluding carboxylic acids is 1. The highest BCUT2D eigenvalue weighted by Gasteiger charge is 2.31. The predicted molar refractivity (Wildman–Crippen MR) is 54.7 cm³/mol. The molecule has 0 fully saturated rings. The zero-order valence-corrected chi connectivity index (χ0v) is 9.23. The maximum absolute atomic E-state index is 12.3. The highest BCUT2D eigenvalue weighted by atomic mass is 32.1. The SMILES string of the molecule is CCOC(=O)c1ccc(C(F)(F)F)cc1S. The van der Waals surface area contributed by atoms with Crippen LogP contribution in [0, 0.1) is 0 Å². The largest absolute Gasteiger partial charge is 0.462 e. The third kappa shape index (κ3) is 2.91. The van der Waals surface area contributed by atoms with E-state index in [1.54, 1.807) is 6.92 Å². The normalized spacial score (nSPS) is 11.3. The molecule has 0 aromatic heterocycles. The number of alkyl halides is 3. The van der Waals surface area contributed by atoms with Gasteiger partial charge in [-0.3, -0.25) is 0 Å². The summed E-state index contributed by atoms with van der Waals surface area (Å²) in [6, 6.07) is 2.69. The van der Waals surface area contributed by atoms with Crippen LogP contribution in [0.3, 0.4) is 0 Å². The lowest BCUT2D eigenvalue weighted by atomic mass is 10.1. The second-order valence-corrected chi connectivity index (χ2v) is 3.43. The van der Waals surface area contributed by atoms with Crippen LogP contribution in [0.5, 0.6) is 0 Å². The molecule has 16 heavy (non-hydrogen) atoms. The summed E-state index contributed by atoms with van der Waals surface area (Å²) in [6.07, 6.45) is -4.44. The quantitative estimate of drug-likeness (QED) is 0.644. The summed E-state index contributed by atoms with van der Waals surface area (Å²) in [5, 5.41) is 0. The van der Waals surface area contributed by atoms with Gasteiger partial charge in [0.1, 0.15) is 0 Å². The molecular formula is C10H9F3O2S. The Bertz CT molecular complexity index is 402. The Labute approximate surface area is 95.8 Å². The summed E-state index contributed by atoms with van der Waals surface area (Å²) in [7, 11) is 0. The Kier molecular flexibility index (Phi) is 3.85. The number of ether oxygens (including phenoxy) is 1. The van der Waals surface area contributed by atoms with Crippen LogP contribution in [-0.4, -0.2) is 12.6 Å². The number of esters is 1. The molecule has 1 aromatic carbocycles. The van der Waals surface area contributed by atoms with Gasteiger partial charge in [0, 0.05) is 4.90 Å². The average Bonchev–Trinajstić information content (AvgIpc) is 2.16. The summed E-state index contributed by atoms with van der Waals surface area (Å²) < 4.78 is 41.6. The van der Waals surface area contributed by atoms with Gasteiger partial charge in [-0.25, -0.2) is 4.79 Å². The van der Waals surface area contributed by atoms with Gasteiger partial charge in [-0.05, 0) is 25.1 Å². The van der Waals surface area contributed by atoms with Crippen molar-refractivity contribution in [2.45, 2.75) is 18.0 Å². The molecule has 0 heterocycles. The van der Waals surface area contributed by atoms with E-state index in [2.05, 4.69) is 17.4 Å². The van der Waals surface area contributed by atoms with Crippen LogP contribution in [0.25, 0.3) is 0 Å². The molecule has 0 aliphatic rings. The van der Waals surface area contributed by atoms with Gasteiger partial charge in [-0.2, -0.15) is 13.2 Å². The van der Waals surface area contributed by atoms with Gasteiger partial charge < -0.3 is 4.74 Å². The maximum atomic E-state index is 12.3. The number of carbonyl (C=O) groups is 1. The predicted octanol–water partition coefficient (Wildman–Crippen LogP) is 3.17. The lowest BCUT2D eigenvalue weighted by Crippen LogP contribution is -2.09. The van der Waals surface area contributed by atoms with E-state index in [4.69, 9.17) is 0 Å².